The number of nitrogens with one attached hydrogen (secondary N) is 1. The van der Waals surface area contributed by atoms with Crippen LogP contribution >= 0.6 is 34.8 Å². The fourth-order valence-electron chi connectivity index (χ4n) is 3.85. The third-order valence-electron chi connectivity index (χ3n) is 5.85. The number of carbonyl (C=O) groups is 2. The van der Waals surface area contributed by atoms with Crippen molar-refractivity contribution < 1.29 is 14.0 Å². The normalized spacial score (nSPS) is 11.7. The fraction of sp³-hybridized carbons (Fsp3) is 0.286. The van der Waals surface area contributed by atoms with Gasteiger partial charge < -0.3 is 10.2 Å². The maximum Gasteiger partial charge on any atom is 0.243 e. The zero-order valence-corrected chi connectivity index (χ0v) is 22.2. The first-order valence-electron chi connectivity index (χ1n) is 11.8. The third-order valence-corrected chi connectivity index (χ3v) is 6.79. The quantitative estimate of drug-likeness (QED) is 0.265. The van der Waals surface area contributed by atoms with Gasteiger partial charge in [-0.3, -0.25) is 9.59 Å². The first-order chi connectivity index (χ1) is 17.3. The van der Waals surface area contributed by atoms with E-state index in [9.17, 15) is 14.0 Å². The average Bonchev–Trinajstić information content (AvgIpc) is 2.85. The van der Waals surface area contributed by atoms with Crippen LogP contribution in [-0.4, -0.2) is 29.3 Å². The molecule has 0 aliphatic heterocycles. The Labute approximate surface area is 226 Å². The zero-order valence-electron chi connectivity index (χ0n) is 19.9. The number of halogens is 4. The van der Waals surface area contributed by atoms with Crippen LogP contribution in [0.4, 0.5) is 4.39 Å². The van der Waals surface area contributed by atoms with E-state index in [1.807, 2.05) is 37.3 Å². The van der Waals surface area contributed by atoms with Gasteiger partial charge in [-0.2, -0.15) is 0 Å². The molecule has 3 rings (SSSR count). The molecule has 3 aromatic rings. The van der Waals surface area contributed by atoms with Crippen molar-refractivity contribution >= 4 is 46.6 Å². The number of benzene rings is 3. The Morgan fingerprint density at radius 2 is 1.72 bits per heavy atom. The van der Waals surface area contributed by atoms with Crippen LogP contribution in [0.15, 0.2) is 66.7 Å². The topological polar surface area (TPSA) is 49.4 Å². The van der Waals surface area contributed by atoms with E-state index < -0.39 is 17.8 Å². The molecule has 1 atom stereocenters. The van der Waals surface area contributed by atoms with Gasteiger partial charge in [-0.1, -0.05) is 90.6 Å². The highest BCUT2D eigenvalue weighted by Crippen LogP contribution is 2.26. The lowest BCUT2D eigenvalue weighted by Gasteiger charge is -2.32. The number of hydrogen-bond acceptors (Lipinski definition) is 2. The second-order valence-electron chi connectivity index (χ2n) is 8.48. The van der Waals surface area contributed by atoms with Gasteiger partial charge >= 0.3 is 0 Å². The van der Waals surface area contributed by atoms with Crippen molar-refractivity contribution in [3.8, 4) is 0 Å². The van der Waals surface area contributed by atoms with E-state index in [0.29, 0.717) is 22.2 Å². The molecule has 1 N–H and O–H groups in total. The summed E-state index contributed by atoms with van der Waals surface area (Å²) in [4.78, 5) is 28.6. The van der Waals surface area contributed by atoms with Gasteiger partial charge in [0.25, 0.3) is 0 Å². The number of unbranched alkanes of at least 4 members (excludes halogenated alkanes) is 1. The van der Waals surface area contributed by atoms with Crippen LogP contribution < -0.4 is 5.32 Å². The summed E-state index contributed by atoms with van der Waals surface area (Å²) in [5.74, 6) is -1.31. The minimum Gasteiger partial charge on any atom is -0.354 e. The summed E-state index contributed by atoms with van der Waals surface area (Å²) in [6, 6.07) is 17.8. The highest BCUT2D eigenvalue weighted by atomic mass is 35.5. The molecule has 36 heavy (non-hydrogen) atoms. The molecular weight excluding hydrogens is 522 g/mol. The fourth-order valence-corrected chi connectivity index (χ4v) is 4.55. The van der Waals surface area contributed by atoms with E-state index in [2.05, 4.69) is 5.32 Å². The summed E-state index contributed by atoms with van der Waals surface area (Å²) < 4.78 is 14.6. The third kappa shape index (κ3) is 7.70. The molecule has 8 heteroatoms. The molecule has 1 unspecified atom stereocenters. The number of rotatable bonds is 11. The number of hydrogen-bond donors (Lipinski definition) is 1. The Balaban J connectivity index is 2.01. The number of carbonyl (C=O) groups excluding carboxylic acids is 2. The van der Waals surface area contributed by atoms with Gasteiger partial charge in [0.15, 0.2) is 0 Å². The summed E-state index contributed by atoms with van der Waals surface area (Å²) in [6.45, 7) is 2.56. The standard InChI is InChI=1S/C28H28Cl3FN2O2/c1-2-3-14-33-28(36)26(15-19-8-5-4-6-9-19)34(18-20-12-13-21(29)16-24(20)31)27(35)17-22-23(30)10-7-11-25(22)32/h4-13,16,26H,2-3,14-15,17-18H2,1H3,(H,33,36). The Bertz CT molecular complexity index is 1170. The van der Waals surface area contributed by atoms with Crippen LogP contribution in [0.1, 0.15) is 36.5 Å². The van der Waals surface area contributed by atoms with Crippen LogP contribution in [0, 0.1) is 5.82 Å². The lowest BCUT2D eigenvalue weighted by Crippen LogP contribution is -2.51. The maximum atomic E-state index is 14.6. The van der Waals surface area contributed by atoms with E-state index in [-0.39, 0.29) is 35.9 Å². The SMILES string of the molecule is CCCCNC(=O)C(Cc1ccccc1)N(Cc1ccc(Cl)cc1Cl)C(=O)Cc1c(F)cccc1Cl. The monoisotopic (exact) mass is 548 g/mol. The molecule has 4 nitrogen and oxygen atoms in total. The van der Waals surface area contributed by atoms with E-state index in [1.54, 1.807) is 18.2 Å². The molecule has 0 saturated heterocycles. The van der Waals surface area contributed by atoms with Gasteiger partial charge in [-0.25, -0.2) is 4.39 Å². The molecule has 0 aliphatic carbocycles. The van der Waals surface area contributed by atoms with Crippen molar-refractivity contribution in [2.75, 3.05) is 6.54 Å². The van der Waals surface area contributed by atoms with Crippen molar-refractivity contribution in [1.29, 1.82) is 0 Å². The van der Waals surface area contributed by atoms with Crippen molar-refractivity contribution in [3.63, 3.8) is 0 Å². The van der Waals surface area contributed by atoms with Crippen molar-refractivity contribution in [3.05, 3.63) is 104 Å². The van der Waals surface area contributed by atoms with Crippen molar-refractivity contribution in [2.45, 2.75) is 45.2 Å². The van der Waals surface area contributed by atoms with E-state index in [4.69, 9.17) is 34.8 Å². The maximum absolute atomic E-state index is 14.6. The second kappa shape index (κ2) is 13.6. The molecule has 0 heterocycles. The van der Waals surface area contributed by atoms with Crippen LogP contribution in [0.3, 0.4) is 0 Å². The molecule has 2 amide bonds. The highest BCUT2D eigenvalue weighted by molar-refractivity contribution is 6.35. The largest absolute Gasteiger partial charge is 0.354 e. The second-order valence-corrected chi connectivity index (χ2v) is 9.74. The van der Waals surface area contributed by atoms with Crippen molar-refractivity contribution in [2.24, 2.45) is 0 Å². The summed E-state index contributed by atoms with van der Waals surface area (Å²) in [6.07, 6.45) is 1.70. The first-order valence-corrected chi connectivity index (χ1v) is 12.9. The molecule has 0 fully saturated rings. The Kier molecular flexibility index (Phi) is 10.6. The highest BCUT2D eigenvalue weighted by Gasteiger charge is 2.31. The van der Waals surface area contributed by atoms with E-state index in [0.717, 1.165) is 18.4 Å². The predicted molar refractivity (Wildman–Crippen MR) is 144 cm³/mol. The van der Waals surface area contributed by atoms with Gasteiger partial charge in [-0.15, -0.1) is 0 Å². The molecule has 0 spiro atoms. The van der Waals surface area contributed by atoms with Crippen LogP contribution in [0.25, 0.3) is 0 Å². The zero-order chi connectivity index (χ0) is 26.1. The van der Waals surface area contributed by atoms with E-state index in [1.165, 1.54) is 23.1 Å². The van der Waals surface area contributed by atoms with Crippen molar-refractivity contribution in [1.82, 2.24) is 10.2 Å². The molecule has 0 aromatic heterocycles. The Morgan fingerprint density at radius 3 is 2.39 bits per heavy atom. The smallest absolute Gasteiger partial charge is 0.243 e. The van der Waals surface area contributed by atoms with Gasteiger partial charge in [0.2, 0.25) is 11.8 Å². The molecule has 0 bridgehead atoms. The molecule has 0 saturated carbocycles. The summed E-state index contributed by atoms with van der Waals surface area (Å²) in [7, 11) is 0. The Hall–Kier alpha value is -2.60. The number of nitrogens with zero attached hydrogens (tertiary/aromatic N) is 1. The lowest BCUT2D eigenvalue weighted by atomic mass is 10.0. The first kappa shape index (κ1) is 28.0. The Morgan fingerprint density at radius 1 is 0.972 bits per heavy atom. The molecule has 0 radical (unpaired) electrons. The molecule has 0 aliphatic rings. The minimum absolute atomic E-state index is 0.0413. The molecule has 190 valence electrons. The molecule has 3 aromatic carbocycles. The average molecular weight is 550 g/mol. The minimum atomic E-state index is -0.853. The van der Waals surface area contributed by atoms with E-state index >= 15 is 0 Å². The van der Waals surface area contributed by atoms with Crippen LogP contribution in [0.5, 0.6) is 0 Å². The van der Waals surface area contributed by atoms with Crippen LogP contribution in [-0.2, 0) is 29.0 Å². The predicted octanol–water partition coefficient (Wildman–Crippen LogP) is 6.88. The summed E-state index contributed by atoms with van der Waals surface area (Å²) in [5, 5.41) is 3.93. The van der Waals surface area contributed by atoms with Gasteiger partial charge in [0.1, 0.15) is 11.9 Å². The lowest BCUT2D eigenvalue weighted by molar-refractivity contribution is -0.140. The van der Waals surface area contributed by atoms with Crippen LogP contribution in [0.2, 0.25) is 15.1 Å². The summed E-state index contributed by atoms with van der Waals surface area (Å²) >= 11 is 18.7. The number of amides is 2. The van der Waals surface area contributed by atoms with Gasteiger partial charge in [0, 0.05) is 40.1 Å². The van der Waals surface area contributed by atoms with Gasteiger partial charge in [-0.05, 0) is 41.8 Å². The van der Waals surface area contributed by atoms with Gasteiger partial charge in [0.05, 0.1) is 6.42 Å². The molecular formula is C28H28Cl3FN2O2. The summed E-state index contributed by atoms with van der Waals surface area (Å²) in [5.41, 5.74) is 1.59.